The van der Waals surface area contributed by atoms with E-state index in [0.717, 1.165) is 0 Å². The molecule has 8 nitrogen and oxygen atoms in total. The van der Waals surface area contributed by atoms with Crippen LogP contribution >= 0.6 is 0 Å². The van der Waals surface area contributed by atoms with E-state index in [1.165, 1.54) is 13.2 Å². The summed E-state index contributed by atoms with van der Waals surface area (Å²) < 4.78 is 36.3. The van der Waals surface area contributed by atoms with Crippen LogP contribution in [0.15, 0.2) is 6.07 Å². The molecule has 1 aromatic rings. The summed E-state index contributed by atoms with van der Waals surface area (Å²) in [6, 6.07) is 1.27. The van der Waals surface area contributed by atoms with Crippen LogP contribution in [0, 0.1) is 0 Å². The third-order valence-electron chi connectivity index (χ3n) is 1.84. The number of hydrogen-bond donors (Lipinski definition) is 2. The molecule has 0 saturated carbocycles. The summed E-state index contributed by atoms with van der Waals surface area (Å²) in [6.45, 7) is 0. The number of methoxy groups -OCH3 is 1. The molecule has 6 N–H and O–H groups in total. The molecule has 2 aliphatic heterocycles. The van der Waals surface area contributed by atoms with Gasteiger partial charge in [-0.05, 0) is 0 Å². The quantitative estimate of drug-likeness (QED) is 0.611. The van der Waals surface area contributed by atoms with Crippen molar-refractivity contribution in [1.82, 2.24) is 0 Å². The standard InChI is InChI=1S/C7H8N2O5S.H2O/c1-12-7-4-2-3(8)6(5(7)9)14-15(10,11)13-4;/h2H,8-9H2,1H3;1H2. The minimum absolute atomic E-state index is 0. The zero-order valence-electron chi connectivity index (χ0n) is 8.18. The summed E-state index contributed by atoms with van der Waals surface area (Å²) in [5, 5.41) is 0. The van der Waals surface area contributed by atoms with Crippen molar-refractivity contribution in [1.29, 1.82) is 0 Å². The largest absolute Gasteiger partial charge is 0.501 e. The number of ether oxygens (including phenoxy) is 1. The van der Waals surface area contributed by atoms with Crippen LogP contribution in [0.3, 0.4) is 0 Å². The number of fused-ring (bicyclic) bond motifs is 4. The fraction of sp³-hybridized carbons (Fsp3) is 0.143. The van der Waals surface area contributed by atoms with Gasteiger partial charge in [0.15, 0.2) is 17.2 Å². The van der Waals surface area contributed by atoms with E-state index in [-0.39, 0.29) is 34.1 Å². The minimum atomic E-state index is -4.17. The smallest absolute Gasteiger partial charge is 0.491 e. The van der Waals surface area contributed by atoms with Crippen molar-refractivity contribution < 1.29 is 27.0 Å². The summed E-state index contributed by atoms with van der Waals surface area (Å²) in [5.74, 6) is -0.179. The van der Waals surface area contributed by atoms with Crippen LogP contribution in [0.5, 0.6) is 17.2 Å². The van der Waals surface area contributed by atoms with E-state index in [9.17, 15) is 8.42 Å². The molecular formula is C7H10N2O6S. The van der Waals surface area contributed by atoms with Crippen LogP contribution in [0.1, 0.15) is 0 Å². The van der Waals surface area contributed by atoms with E-state index in [4.69, 9.17) is 16.2 Å². The lowest BCUT2D eigenvalue weighted by molar-refractivity contribution is 0.379. The number of hydrogen-bond acceptors (Lipinski definition) is 7. The van der Waals surface area contributed by atoms with Crippen molar-refractivity contribution in [2.45, 2.75) is 0 Å². The molecule has 2 bridgehead atoms. The van der Waals surface area contributed by atoms with Crippen molar-refractivity contribution in [2.24, 2.45) is 0 Å². The zero-order chi connectivity index (χ0) is 11.2. The van der Waals surface area contributed by atoms with Gasteiger partial charge in [0.1, 0.15) is 5.69 Å². The minimum Gasteiger partial charge on any atom is -0.491 e. The molecule has 0 saturated heterocycles. The van der Waals surface area contributed by atoms with Gasteiger partial charge in [0.05, 0.1) is 12.8 Å². The first-order chi connectivity index (χ1) is 6.94. The normalized spacial score (nSPS) is 15.3. The highest BCUT2D eigenvalue weighted by Gasteiger charge is 2.30. The van der Waals surface area contributed by atoms with E-state index >= 15 is 0 Å². The third-order valence-corrected chi connectivity index (χ3v) is 2.60. The molecule has 1 aromatic carbocycles. The molecule has 0 atom stereocenters. The van der Waals surface area contributed by atoms with Crippen LogP contribution in [0.4, 0.5) is 11.4 Å². The lowest BCUT2D eigenvalue weighted by atomic mass is 10.2. The predicted molar refractivity (Wildman–Crippen MR) is 55.6 cm³/mol. The van der Waals surface area contributed by atoms with Crippen molar-refractivity contribution in [3.63, 3.8) is 0 Å². The Kier molecular flexibility index (Phi) is 2.75. The van der Waals surface area contributed by atoms with Crippen molar-refractivity contribution in [3.8, 4) is 17.2 Å². The lowest BCUT2D eigenvalue weighted by Crippen LogP contribution is -2.14. The molecule has 0 fully saturated rings. The maximum absolute atomic E-state index is 11.2. The highest BCUT2D eigenvalue weighted by molar-refractivity contribution is 7.82. The van der Waals surface area contributed by atoms with Gasteiger partial charge in [-0.3, -0.25) is 0 Å². The molecule has 2 heterocycles. The molecule has 0 aliphatic carbocycles. The Hall–Kier alpha value is -1.87. The topological polar surface area (TPSA) is 145 Å². The monoisotopic (exact) mass is 250 g/mol. The molecule has 0 aromatic heterocycles. The van der Waals surface area contributed by atoms with E-state index in [1.807, 2.05) is 0 Å². The van der Waals surface area contributed by atoms with Gasteiger partial charge >= 0.3 is 10.4 Å². The second-order valence-electron chi connectivity index (χ2n) is 2.81. The molecule has 0 radical (unpaired) electrons. The summed E-state index contributed by atoms with van der Waals surface area (Å²) in [6.07, 6.45) is 0. The summed E-state index contributed by atoms with van der Waals surface area (Å²) >= 11 is 0. The maximum Gasteiger partial charge on any atom is 0.501 e. The molecule has 0 unspecified atom stereocenters. The first-order valence-electron chi connectivity index (χ1n) is 3.84. The van der Waals surface area contributed by atoms with Gasteiger partial charge in [-0.2, -0.15) is 0 Å². The molecule has 3 rings (SSSR count). The Morgan fingerprint density at radius 2 is 1.94 bits per heavy atom. The summed E-state index contributed by atoms with van der Waals surface area (Å²) in [4.78, 5) is 0. The number of nitrogen functional groups attached to an aromatic ring is 2. The lowest BCUT2D eigenvalue weighted by Gasteiger charge is -2.07. The summed E-state index contributed by atoms with van der Waals surface area (Å²) in [5.41, 5.74) is 11.2. The average molecular weight is 250 g/mol. The Morgan fingerprint density at radius 3 is 2.50 bits per heavy atom. The highest BCUT2D eigenvalue weighted by Crippen LogP contribution is 2.47. The molecule has 9 heteroatoms. The second kappa shape index (κ2) is 3.61. The first kappa shape index (κ1) is 12.2. The molecule has 0 amide bonds. The Morgan fingerprint density at radius 1 is 1.31 bits per heavy atom. The molecular weight excluding hydrogens is 240 g/mol. The predicted octanol–water partition coefficient (Wildman–Crippen LogP) is -0.949. The molecule has 0 spiro atoms. The number of rotatable bonds is 1. The van der Waals surface area contributed by atoms with Gasteiger partial charge in [-0.15, -0.1) is 8.42 Å². The van der Waals surface area contributed by atoms with Gasteiger partial charge in [0.25, 0.3) is 0 Å². The second-order valence-corrected chi connectivity index (χ2v) is 3.96. The van der Waals surface area contributed by atoms with E-state index < -0.39 is 10.4 Å². The van der Waals surface area contributed by atoms with Crippen LogP contribution in [0.25, 0.3) is 0 Å². The number of anilines is 2. The van der Waals surface area contributed by atoms with Crippen molar-refractivity contribution in [3.05, 3.63) is 6.07 Å². The molecule has 90 valence electrons. The fourth-order valence-electron chi connectivity index (χ4n) is 1.26. The van der Waals surface area contributed by atoms with Crippen LogP contribution in [-0.4, -0.2) is 21.0 Å². The van der Waals surface area contributed by atoms with Gasteiger partial charge in [-0.25, -0.2) is 0 Å². The molecule has 2 aliphatic rings. The zero-order valence-corrected chi connectivity index (χ0v) is 9.00. The fourth-order valence-corrected chi connectivity index (χ4v) is 2.03. The first-order valence-corrected chi connectivity index (χ1v) is 5.18. The van der Waals surface area contributed by atoms with Crippen LogP contribution in [-0.2, 0) is 10.4 Å². The Balaban J connectivity index is 0.00000128. The van der Waals surface area contributed by atoms with Gasteiger partial charge < -0.3 is 30.0 Å². The number of nitrogens with two attached hydrogens (primary N) is 2. The Labute approximate surface area is 91.3 Å². The Bertz CT molecular complexity index is 526. The van der Waals surface area contributed by atoms with Gasteiger partial charge in [0, 0.05) is 6.07 Å². The van der Waals surface area contributed by atoms with E-state index in [1.54, 1.807) is 0 Å². The van der Waals surface area contributed by atoms with Gasteiger partial charge in [-0.1, -0.05) is 0 Å². The molecule has 16 heavy (non-hydrogen) atoms. The SMILES string of the molecule is COc1c2cc(N)c(c1N)OS(=O)(=O)O2.O. The van der Waals surface area contributed by atoms with E-state index in [2.05, 4.69) is 8.37 Å². The maximum atomic E-state index is 11.2. The van der Waals surface area contributed by atoms with Crippen molar-refractivity contribution in [2.75, 3.05) is 18.6 Å². The van der Waals surface area contributed by atoms with E-state index in [0.29, 0.717) is 0 Å². The van der Waals surface area contributed by atoms with Gasteiger partial charge in [0.2, 0.25) is 0 Å². The highest BCUT2D eigenvalue weighted by atomic mass is 32.3. The van der Waals surface area contributed by atoms with Crippen LogP contribution in [0.2, 0.25) is 0 Å². The average Bonchev–Trinajstić information content (AvgIpc) is 2.28. The van der Waals surface area contributed by atoms with Crippen LogP contribution < -0.4 is 24.6 Å². The number of benzene rings is 1. The summed E-state index contributed by atoms with van der Waals surface area (Å²) in [7, 11) is -2.84. The van der Waals surface area contributed by atoms with Crippen molar-refractivity contribution >= 4 is 21.8 Å². The third kappa shape index (κ3) is 1.66.